The number of allylic oxidation sites excluding steroid dienone is 2. The van der Waals surface area contributed by atoms with E-state index in [0.717, 1.165) is 57.8 Å². The average molecular weight is 862 g/mol. The first-order valence-corrected chi connectivity index (χ1v) is 27.4. The third kappa shape index (κ3) is 45.0. The molecule has 0 saturated carbocycles. The Hall–Kier alpha value is -1.40. The minimum Gasteiger partial charge on any atom is -0.462 e. The molecule has 3 unspecified atom stereocenters. The van der Waals surface area contributed by atoms with Crippen molar-refractivity contribution >= 4 is 11.9 Å². The molecule has 1 amide bonds. The molecule has 0 aliphatic rings. The zero-order chi connectivity index (χ0) is 44.5. The van der Waals surface area contributed by atoms with Gasteiger partial charge >= 0.3 is 5.97 Å². The summed E-state index contributed by atoms with van der Waals surface area (Å²) < 4.78 is 5.94. The van der Waals surface area contributed by atoms with Crippen molar-refractivity contribution in [3.05, 3.63) is 12.2 Å². The monoisotopic (exact) mass is 862 g/mol. The fraction of sp³-hybridized carbons (Fsp3) is 0.927. The van der Waals surface area contributed by atoms with Crippen LogP contribution >= 0.6 is 0 Å². The molecule has 0 aliphatic carbocycles. The fourth-order valence-corrected chi connectivity index (χ4v) is 8.66. The molecule has 0 heterocycles. The lowest BCUT2D eigenvalue weighted by atomic mass is 10.0. The molecule has 0 fully saturated rings. The maximum Gasteiger partial charge on any atom is 0.306 e. The van der Waals surface area contributed by atoms with Crippen LogP contribution in [0.5, 0.6) is 0 Å². The second-order valence-corrected chi connectivity index (χ2v) is 19.0. The molecule has 3 atom stereocenters. The van der Waals surface area contributed by atoms with E-state index in [2.05, 4.69) is 38.2 Å². The van der Waals surface area contributed by atoms with Crippen LogP contribution in [0.25, 0.3) is 0 Å². The number of hydrogen-bond donors (Lipinski definition) is 3. The Labute approximate surface area is 380 Å². The number of rotatable bonds is 50. The van der Waals surface area contributed by atoms with Crippen molar-refractivity contribution in [3.63, 3.8) is 0 Å². The maximum absolute atomic E-state index is 13.2. The minimum atomic E-state index is -0.784. The van der Waals surface area contributed by atoms with E-state index >= 15 is 0 Å². The summed E-state index contributed by atoms with van der Waals surface area (Å²) in [5.41, 5.74) is 0. The zero-order valence-corrected chi connectivity index (χ0v) is 41.3. The van der Waals surface area contributed by atoms with Crippen LogP contribution in [0.4, 0.5) is 0 Å². The van der Waals surface area contributed by atoms with Crippen LogP contribution in [0.1, 0.15) is 303 Å². The van der Waals surface area contributed by atoms with Gasteiger partial charge in [-0.15, -0.1) is 0 Å². The summed E-state index contributed by atoms with van der Waals surface area (Å²) in [5.74, 6) is -0.464. The Morgan fingerprint density at radius 1 is 0.459 bits per heavy atom. The van der Waals surface area contributed by atoms with Gasteiger partial charge in [0.15, 0.2) is 0 Å². The molecule has 0 aromatic carbocycles. The lowest BCUT2D eigenvalue weighted by Crippen LogP contribution is -2.46. The lowest BCUT2D eigenvalue weighted by Gasteiger charge is -2.24. The fourth-order valence-electron chi connectivity index (χ4n) is 8.66. The molecule has 0 rings (SSSR count). The van der Waals surface area contributed by atoms with Gasteiger partial charge in [-0.25, -0.2) is 0 Å². The Kier molecular flexibility index (Phi) is 48.5. The topological polar surface area (TPSA) is 95.9 Å². The van der Waals surface area contributed by atoms with E-state index in [1.54, 1.807) is 0 Å². The van der Waals surface area contributed by atoms with Crippen LogP contribution in [-0.2, 0) is 14.3 Å². The van der Waals surface area contributed by atoms with Gasteiger partial charge < -0.3 is 20.3 Å². The number of carbonyl (C=O) groups excluding carboxylic acids is 2. The van der Waals surface area contributed by atoms with Gasteiger partial charge in [-0.2, -0.15) is 0 Å². The van der Waals surface area contributed by atoms with Crippen LogP contribution in [0, 0.1) is 0 Å². The molecule has 3 N–H and O–H groups in total. The molecule has 0 bridgehead atoms. The molecule has 0 aliphatic heterocycles. The quantitative estimate of drug-likeness (QED) is 0.0322. The number of aliphatic hydroxyl groups excluding tert-OH is 2. The maximum atomic E-state index is 13.2. The molecule has 6 heteroatoms. The number of nitrogens with one attached hydrogen (secondary N) is 1. The van der Waals surface area contributed by atoms with Gasteiger partial charge in [-0.3, -0.25) is 9.59 Å². The first kappa shape index (κ1) is 59.6. The Morgan fingerprint density at radius 2 is 0.787 bits per heavy atom. The van der Waals surface area contributed by atoms with Gasteiger partial charge in [-0.05, 0) is 51.4 Å². The summed E-state index contributed by atoms with van der Waals surface area (Å²) in [5, 5.41) is 23.8. The van der Waals surface area contributed by atoms with Crippen LogP contribution in [0.15, 0.2) is 12.2 Å². The van der Waals surface area contributed by atoms with Crippen molar-refractivity contribution < 1.29 is 24.5 Å². The molecular weight excluding hydrogens is 755 g/mol. The Bertz CT molecular complexity index is 924. The number of carbonyl (C=O) groups is 2. The minimum absolute atomic E-state index is 0.0790. The summed E-state index contributed by atoms with van der Waals surface area (Å²) >= 11 is 0. The molecule has 61 heavy (non-hydrogen) atoms. The van der Waals surface area contributed by atoms with Gasteiger partial charge in [0, 0.05) is 6.42 Å². The van der Waals surface area contributed by atoms with E-state index in [1.807, 2.05) is 0 Å². The van der Waals surface area contributed by atoms with Crippen molar-refractivity contribution in [3.8, 4) is 0 Å². The average Bonchev–Trinajstić information content (AvgIpc) is 3.25. The summed E-state index contributed by atoms with van der Waals surface area (Å²) in [6.45, 7) is 6.50. The van der Waals surface area contributed by atoms with Gasteiger partial charge in [0.2, 0.25) is 5.91 Å². The summed E-state index contributed by atoms with van der Waals surface area (Å²) in [6, 6.07) is -0.698. The van der Waals surface area contributed by atoms with Crippen molar-refractivity contribution in [1.82, 2.24) is 5.32 Å². The lowest BCUT2D eigenvalue weighted by molar-refractivity contribution is -0.151. The number of amides is 1. The highest BCUT2D eigenvalue weighted by atomic mass is 16.5. The largest absolute Gasteiger partial charge is 0.462 e. The summed E-state index contributed by atoms with van der Waals surface area (Å²) in [6.07, 6.45) is 55.6. The summed E-state index contributed by atoms with van der Waals surface area (Å²) in [4.78, 5) is 26.2. The predicted molar refractivity (Wildman–Crippen MR) is 264 cm³/mol. The SMILES string of the molecule is CCCCCCCC/C=C/CCCCCCCC(CC(=O)NC(CO)C(O)CCCCCCCCCCCCCCCCCC)OC(=O)CCCCCCCCCCCCC. The molecule has 0 aromatic rings. The highest BCUT2D eigenvalue weighted by Crippen LogP contribution is 2.18. The second-order valence-electron chi connectivity index (χ2n) is 19.0. The van der Waals surface area contributed by atoms with Gasteiger partial charge in [0.25, 0.3) is 0 Å². The van der Waals surface area contributed by atoms with E-state index in [1.165, 1.54) is 199 Å². The van der Waals surface area contributed by atoms with Crippen LogP contribution in [0.2, 0.25) is 0 Å². The van der Waals surface area contributed by atoms with E-state index in [9.17, 15) is 19.8 Å². The zero-order valence-electron chi connectivity index (χ0n) is 41.3. The van der Waals surface area contributed by atoms with Crippen molar-refractivity contribution in [2.45, 2.75) is 322 Å². The molecule has 0 radical (unpaired) electrons. The molecular formula is C55H107NO5. The van der Waals surface area contributed by atoms with E-state index in [0.29, 0.717) is 19.3 Å². The van der Waals surface area contributed by atoms with Crippen LogP contribution < -0.4 is 5.32 Å². The van der Waals surface area contributed by atoms with Crippen LogP contribution in [-0.4, -0.2) is 46.9 Å². The molecule has 6 nitrogen and oxygen atoms in total. The van der Waals surface area contributed by atoms with E-state index in [4.69, 9.17) is 4.74 Å². The molecule has 362 valence electrons. The summed E-state index contributed by atoms with van der Waals surface area (Å²) in [7, 11) is 0. The van der Waals surface area contributed by atoms with Crippen molar-refractivity contribution in [2.24, 2.45) is 0 Å². The standard InChI is InChI=1S/C55H107NO5/c1-4-7-10-13-16-19-22-24-26-28-30-33-35-38-41-44-47-53(58)52(50-57)56-54(59)49-51(61-55(60)48-45-42-39-36-31-21-18-15-12-9-6-3)46-43-40-37-34-32-29-27-25-23-20-17-14-11-8-5-2/h25,27,51-53,57-58H,4-24,26,28-50H2,1-3H3,(H,56,59)/b27-25+. The highest BCUT2D eigenvalue weighted by Gasteiger charge is 2.24. The third-order valence-corrected chi connectivity index (χ3v) is 12.8. The third-order valence-electron chi connectivity index (χ3n) is 12.8. The second kappa shape index (κ2) is 49.6. The van der Waals surface area contributed by atoms with Gasteiger partial charge in [0.1, 0.15) is 6.10 Å². The number of esters is 1. The first-order chi connectivity index (χ1) is 30.0. The van der Waals surface area contributed by atoms with E-state index < -0.39 is 18.2 Å². The molecule has 0 saturated heterocycles. The Balaban J connectivity index is 4.50. The van der Waals surface area contributed by atoms with Gasteiger partial charge in [-0.1, -0.05) is 251 Å². The number of aliphatic hydroxyl groups is 2. The van der Waals surface area contributed by atoms with Crippen molar-refractivity contribution in [1.29, 1.82) is 0 Å². The molecule has 0 spiro atoms. The van der Waals surface area contributed by atoms with Crippen molar-refractivity contribution in [2.75, 3.05) is 6.61 Å². The van der Waals surface area contributed by atoms with Gasteiger partial charge in [0.05, 0.1) is 25.2 Å². The van der Waals surface area contributed by atoms with E-state index in [-0.39, 0.29) is 24.9 Å². The van der Waals surface area contributed by atoms with Crippen LogP contribution in [0.3, 0.4) is 0 Å². The predicted octanol–water partition coefficient (Wildman–Crippen LogP) is 16.5. The first-order valence-electron chi connectivity index (χ1n) is 27.4. The molecule has 0 aromatic heterocycles. The number of hydrogen-bond acceptors (Lipinski definition) is 5. The highest BCUT2D eigenvalue weighted by molar-refractivity contribution is 5.77. The Morgan fingerprint density at radius 3 is 1.16 bits per heavy atom. The normalized spacial score (nSPS) is 13.2. The number of unbranched alkanes of at least 4 members (excludes halogenated alkanes) is 36. The number of ether oxygens (including phenoxy) is 1. The smallest absolute Gasteiger partial charge is 0.306 e.